The summed E-state index contributed by atoms with van der Waals surface area (Å²) in [4.78, 5) is 17.9. The van der Waals surface area contributed by atoms with Crippen molar-refractivity contribution in [3.63, 3.8) is 0 Å². The van der Waals surface area contributed by atoms with E-state index in [0.29, 0.717) is 0 Å². The molecule has 1 aliphatic heterocycles. The van der Waals surface area contributed by atoms with Crippen LogP contribution in [0.2, 0.25) is 0 Å². The topological polar surface area (TPSA) is 82.8 Å². The van der Waals surface area contributed by atoms with Gasteiger partial charge in [0.05, 0.1) is 0 Å². The molecule has 0 atom stereocenters. The van der Waals surface area contributed by atoms with Gasteiger partial charge in [0.1, 0.15) is 0 Å². The molecule has 0 aromatic carbocycles. The van der Waals surface area contributed by atoms with Crippen molar-refractivity contribution in [3.05, 3.63) is 0 Å². The molecule has 1 saturated heterocycles. The van der Waals surface area contributed by atoms with Crippen molar-refractivity contribution in [3.8, 4) is 0 Å². The number of primary amides is 1. The van der Waals surface area contributed by atoms with Gasteiger partial charge in [0, 0.05) is 26.1 Å². The van der Waals surface area contributed by atoms with Crippen LogP contribution in [0.1, 0.15) is 71.6 Å². The quantitative estimate of drug-likeness (QED) is 0.260. The zero-order valence-electron chi connectivity index (χ0n) is 17.9. The van der Waals surface area contributed by atoms with Crippen molar-refractivity contribution in [2.24, 2.45) is 22.6 Å². The molecule has 0 saturated carbocycles. The van der Waals surface area contributed by atoms with Crippen LogP contribution < -0.4 is 16.4 Å². The van der Waals surface area contributed by atoms with E-state index in [2.05, 4.69) is 34.4 Å². The third-order valence-corrected chi connectivity index (χ3v) is 5.41. The third kappa shape index (κ3) is 11.9. The van der Waals surface area contributed by atoms with Crippen LogP contribution in [-0.4, -0.2) is 56.5 Å². The van der Waals surface area contributed by atoms with E-state index in [0.717, 1.165) is 63.9 Å². The Morgan fingerprint density at radius 1 is 1.04 bits per heavy atom. The number of piperidine rings is 1. The van der Waals surface area contributed by atoms with Gasteiger partial charge in [-0.15, -0.1) is 0 Å². The van der Waals surface area contributed by atoms with Crippen molar-refractivity contribution in [1.82, 2.24) is 15.5 Å². The standard InChI is InChI=1S/C21H43N5O/c1-18(2)10-6-4-5-7-13-24-21(23-3)25-14-8-9-15-26-16-11-19(12-17-26)20(22)27/h18-19H,4-17H2,1-3H3,(H2,22,27)(H2,23,24,25). The molecule has 6 heteroatoms. The third-order valence-electron chi connectivity index (χ3n) is 5.41. The van der Waals surface area contributed by atoms with E-state index in [1.54, 1.807) is 0 Å². The highest BCUT2D eigenvalue weighted by Gasteiger charge is 2.22. The molecular weight excluding hydrogens is 338 g/mol. The number of likely N-dealkylation sites (tertiary alicyclic amines) is 1. The van der Waals surface area contributed by atoms with Gasteiger partial charge in [0.2, 0.25) is 5.91 Å². The van der Waals surface area contributed by atoms with Crippen LogP contribution in [0.25, 0.3) is 0 Å². The number of nitrogens with one attached hydrogen (secondary N) is 2. The van der Waals surface area contributed by atoms with Gasteiger partial charge in [-0.2, -0.15) is 0 Å². The van der Waals surface area contributed by atoms with E-state index in [1.807, 2.05) is 7.05 Å². The lowest BCUT2D eigenvalue weighted by molar-refractivity contribution is -0.123. The second-order valence-electron chi connectivity index (χ2n) is 8.25. The van der Waals surface area contributed by atoms with Crippen molar-refractivity contribution in [2.75, 3.05) is 39.8 Å². The van der Waals surface area contributed by atoms with Crippen LogP contribution in [0, 0.1) is 11.8 Å². The minimum Gasteiger partial charge on any atom is -0.369 e. The van der Waals surface area contributed by atoms with Crippen LogP contribution in [0.5, 0.6) is 0 Å². The maximum absolute atomic E-state index is 11.2. The fraction of sp³-hybridized carbons (Fsp3) is 0.905. The lowest BCUT2D eigenvalue weighted by atomic mass is 9.96. The zero-order valence-corrected chi connectivity index (χ0v) is 17.9. The molecule has 27 heavy (non-hydrogen) atoms. The lowest BCUT2D eigenvalue weighted by Crippen LogP contribution is -2.40. The van der Waals surface area contributed by atoms with Crippen LogP contribution in [0.4, 0.5) is 0 Å². The molecular formula is C21H43N5O. The molecule has 1 aliphatic rings. The van der Waals surface area contributed by atoms with E-state index >= 15 is 0 Å². The Hall–Kier alpha value is -1.30. The Labute approximate surface area is 166 Å². The van der Waals surface area contributed by atoms with Gasteiger partial charge in [0.15, 0.2) is 5.96 Å². The number of aliphatic imine (C=N–C) groups is 1. The van der Waals surface area contributed by atoms with Gasteiger partial charge in [-0.05, 0) is 57.7 Å². The summed E-state index contributed by atoms with van der Waals surface area (Å²) in [7, 11) is 1.83. The van der Waals surface area contributed by atoms with Gasteiger partial charge >= 0.3 is 0 Å². The maximum Gasteiger partial charge on any atom is 0.220 e. The lowest BCUT2D eigenvalue weighted by Gasteiger charge is -2.30. The van der Waals surface area contributed by atoms with E-state index < -0.39 is 0 Å². The monoisotopic (exact) mass is 381 g/mol. The van der Waals surface area contributed by atoms with Crippen molar-refractivity contribution >= 4 is 11.9 Å². The number of unbranched alkanes of at least 4 members (excludes halogenated alkanes) is 4. The molecule has 4 N–H and O–H groups in total. The molecule has 1 heterocycles. The Bertz CT molecular complexity index is 417. The largest absolute Gasteiger partial charge is 0.369 e. The van der Waals surface area contributed by atoms with Crippen LogP contribution in [0.15, 0.2) is 4.99 Å². The van der Waals surface area contributed by atoms with Crippen molar-refractivity contribution < 1.29 is 4.79 Å². The van der Waals surface area contributed by atoms with Gasteiger partial charge in [-0.1, -0.05) is 39.5 Å². The van der Waals surface area contributed by atoms with Crippen LogP contribution in [-0.2, 0) is 4.79 Å². The van der Waals surface area contributed by atoms with E-state index in [1.165, 1.54) is 38.5 Å². The maximum atomic E-state index is 11.2. The van der Waals surface area contributed by atoms with E-state index in [-0.39, 0.29) is 11.8 Å². The first kappa shape index (κ1) is 23.7. The minimum absolute atomic E-state index is 0.0903. The number of amides is 1. The number of nitrogens with zero attached hydrogens (tertiary/aromatic N) is 2. The Morgan fingerprint density at radius 2 is 1.63 bits per heavy atom. The fourth-order valence-electron chi connectivity index (χ4n) is 3.57. The molecule has 0 radical (unpaired) electrons. The van der Waals surface area contributed by atoms with E-state index in [9.17, 15) is 4.79 Å². The molecule has 1 rings (SSSR count). The number of rotatable bonds is 13. The van der Waals surface area contributed by atoms with Gasteiger partial charge in [0.25, 0.3) is 0 Å². The van der Waals surface area contributed by atoms with Gasteiger partial charge in [-0.3, -0.25) is 9.79 Å². The van der Waals surface area contributed by atoms with Crippen molar-refractivity contribution in [1.29, 1.82) is 0 Å². The molecule has 0 bridgehead atoms. The summed E-state index contributed by atoms with van der Waals surface area (Å²) in [5.74, 6) is 1.70. The smallest absolute Gasteiger partial charge is 0.220 e. The summed E-state index contributed by atoms with van der Waals surface area (Å²) >= 11 is 0. The number of nitrogens with two attached hydrogens (primary N) is 1. The second kappa shape index (κ2) is 14.7. The fourth-order valence-corrected chi connectivity index (χ4v) is 3.57. The summed E-state index contributed by atoms with van der Waals surface area (Å²) in [6.07, 6.45) is 10.7. The number of carbonyl (C=O) groups excluding carboxylic acids is 1. The van der Waals surface area contributed by atoms with Crippen LogP contribution >= 0.6 is 0 Å². The molecule has 0 spiro atoms. The Kier molecular flexibility index (Phi) is 12.9. The predicted octanol–water partition coefficient (Wildman–Crippen LogP) is 2.74. The normalized spacial score (nSPS) is 16.7. The Balaban J connectivity index is 1.96. The zero-order chi connectivity index (χ0) is 19.9. The first-order chi connectivity index (χ1) is 13.0. The first-order valence-corrected chi connectivity index (χ1v) is 11.0. The number of hydrogen-bond donors (Lipinski definition) is 3. The first-order valence-electron chi connectivity index (χ1n) is 11.0. The molecule has 1 fully saturated rings. The van der Waals surface area contributed by atoms with Gasteiger partial charge in [-0.25, -0.2) is 0 Å². The summed E-state index contributed by atoms with van der Waals surface area (Å²) in [5.41, 5.74) is 5.39. The highest BCUT2D eigenvalue weighted by Crippen LogP contribution is 2.16. The molecule has 1 amide bonds. The summed E-state index contributed by atoms with van der Waals surface area (Å²) < 4.78 is 0. The number of hydrogen-bond acceptors (Lipinski definition) is 3. The predicted molar refractivity (Wildman–Crippen MR) is 115 cm³/mol. The molecule has 158 valence electrons. The average molecular weight is 382 g/mol. The highest BCUT2D eigenvalue weighted by molar-refractivity contribution is 5.79. The molecule has 0 unspecified atom stereocenters. The average Bonchev–Trinajstić information content (AvgIpc) is 2.65. The molecule has 0 aromatic heterocycles. The summed E-state index contributed by atoms with van der Waals surface area (Å²) in [6, 6.07) is 0. The molecule has 6 nitrogen and oxygen atoms in total. The van der Waals surface area contributed by atoms with Gasteiger partial charge < -0.3 is 21.3 Å². The number of carbonyl (C=O) groups is 1. The summed E-state index contributed by atoms with van der Waals surface area (Å²) in [6.45, 7) is 9.65. The van der Waals surface area contributed by atoms with Crippen molar-refractivity contribution in [2.45, 2.75) is 71.6 Å². The second-order valence-corrected chi connectivity index (χ2v) is 8.25. The Morgan fingerprint density at radius 3 is 2.19 bits per heavy atom. The van der Waals surface area contributed by atoms with Crippen LogP contribution in [0.3, 0.4) is 0 Å². The number of guanidine groups is 1. The molecule has 0 aliphatic carbocycles. The molecule has 0 aromatic rings. The highest BCUT2D eigenvalue weighted by atomic mass is 16.1. The minimum atomic E-state index is -0.131. The van der Waals surface area contributed by atoms with E-state index in [4.69, 9.17) is 5.73 Å². The summed E-state index contributed by atoms with van der Waals surface area (Å²) in [5, 5.41) is 6.81. The SMILES string of the molecule is CN=C(NCCCCCCC(C)C)NCCCCN1CCC(C(N)=O)CC1.